The molecule has 0 unspecified atom stereocenters. The van der Waals surface area contributed by atoms with E-state index in [-0.39, 0.29) is 18.2 Å². The molecule has 0 spiro atoms. The molecule has 1 N–H and O–H groups in total. The third-order valence-electron chi connectivity index (χ3n) is 1.31. The summed E-state index contributed by atoms with van der Waals surface area (Å²) in [5, 5.41) is 2.17. The van der Waals surface area contributed by atoms with Crippen molar-refractivity contribution in [3.8, 4) is 5.75 Å². The van der Waals surface area contributed by atoms with E-state index in [1.165, 1.54) is 7.05 Å². The zero-order valence-corrected chi connectivity index (χ0v) is 8.03. The smallest absolute Gasteiger partial charge is 0.410 e. The summed E-state index contributed by atoms with van der Waals surface area (Å²) in [5.41, 5.74) is 0. The monoisotopic (exact) mass is 223 g/mol. The number of carbonyl (C=O) groups excluding carboxylic acids is 1. The minimum absolute atomic E-state index is 0. The van der Waals surface area contributed by atoms with Crippen LogP contribution in [0.5, 0.6) is 5.75 Å². The number of benzene rings is 1. The molecule has 14 heavy (non-hydrogen) atoms. The van der Waals surface area contributed by atoms with Crippen LogP contribution < -0.4 is 10.1 Å². The van der Waals surface area contributed by atoms with Gasteiger partial charge in [0.05, 0.1) is 0 Å². The van der Waals surface area contributed by atoms with E-state index in [9.17, 15) is 13.6 Å². The zero-order valence-electron chi connectivity index (χ0n) is 7.21. The maximum atomic E-state index is 12.5. The van der Waals surface area contributed by atoms with Gasteiger partial charge in [-0.25, -0.2) is 13.6 Å². The van der Waals surface area contributed by atoms with Gasteiger partial charge in [0.25, 0.3) is 0 Å². The van der Waals surface area contributed by atoms with E-state index >= 15 is 0 Å². The second-order valence-electron chi connectivity index (χ2n) is 2.22. The lowest BCUT2D eigenvalue weighted by Crippen LogP contribution is -2.22. The lowest BCUT2D eigenvalue weighted by Gasteiger charge is -2.02. The highest BCUT2D eigenvalue weighted by molar-refractivity contribution is 5.85. The minimum Gasteiger partial charge on any atom is -0.410 e. The number of carbonyl (C=O) groups is 1. The Morgan fingerprint density at radius 2 is 2.00 bits per heavy atom. The normalized spacial score (nSPS) is 8.79. The Bertz CT molecular complexity index is 333. The number of hydrogen-bond acceptors (Lipinski definition) is 2. The summed E-state index contributed by atoms with van der Waals surface area (Å²) in [4.78, 5) is 10.6. The van der Waals surface area contributed by atoms with Crippen molar-refractivity contribution in [2.24, 2.45) is 0 Å². The highest BCUT2D eigenvalue weighted by atomic mass is 35.5. The van der Waals surface area contributed by atoms with Gasteiger partial charge in [0.2, 0.25) is 0 Å². The van der Waals surface area contributed by atoms with E-state index in [1.807, 2.05) is 0 Å². The molecule has 0 aliphatic heterocycles. The molecule has 1 aromatic rings. The Balaban J connectivity index is 0.00000169. The fraction of sp³-hybridized carbons (Fsp3) is 0.125. The molecule has 0 fully saturated rings. The van der Waals surface area contributed by atoms with Crippen molar-refractivity contribution in [2.75, 3.05) is 7.05 Å². The van der Waals surface area contributed by atoms with Gasteiger partial charge >= 0.3 is 6.09 Å². The first kappa shape index (κ1) is 12.6. The number of hydrogen-bond donors (Lipinski definition) is 1. The van der Waals surface area contributed by atoms with Crippen molar-refractivity contribution in [1.29, 1.82) is 0 Å². The van der Waals surface area contributed by atoms with Gasteiger partial charge in [-0.1, -0.05) is 0 Å². The van der Waals surface area contributed by atoms with Gasteiger partial charge < -0.3 is 10.1 Å². The SMILES string of the molecule is CNC(=O)Oc1ccc(F)c(F)c1.Cl. The maximum absolute atomic E-state index is 12.5. The molecule has 0 aliphatic rings. The summed E-state index contributed by atoms with van der Waals surface area (Å²) in [6.45, 7) is 0. The molecule has 1 aromatic carbocycles. The first-order valence-electron chi connectivity index (χ1n) is 3.48. The highest BCUT2D eigenvalue weighted by Gasteiger charge is 2.05. The van der Waals surface area contributed by atoms with Gasteiger partial charge in [-0.3, -0.25) is 0 Å². The van der Waals surface area contributed by atoms with Crippen LogP contribution in [0.1, 0.15) is 0 Å². The minimum atomic E-state index is -1.05. The maximum Gasteiger partial charge on any atom is 0.412 e. The summed E-state index contributed by atoms with van der Waals surface area (Å²) in [5.74, 6) is -2.08. The molecule has 0 saturated heterocycles. The zero-order chi connectivity index (χ0) is 9.84. The van der Waals surface area contributed by atoms with Crippen molar-refractivity contribution >= 4 is 18.5 Å². The van der Waals surface area contributed by atoms with Crippen molar-refractivity contribution in [3.05, 3.63) is 29.8 Å². The third kappa shape index (κ3) is 3.18. The molecule has 0 aliphatic carbocycles. The molecule has 3 nitrogen and oxygen atoms in total. The average molecular weight is 224 g/mol. The molecule has 0 saturated carbocycles. The predicted octanol–water partition coefficient (Wildman–Crippen LogP) is 2.10. The molecule has 0 heterocycles. The van der Waals surface area contributed by atoms with Crippen LogP contribution in [-0.4, -0.2) is 13.1 Å². The molecular weight excluding hydrogens is 216 g/mol. The number of nitrogens with one attached hydrogen (secondary N) is 1. The van der Waals surface area contributed by atoms with Gasteiger partial charge in [-0.05, 0) is 12.1 Å². The molecule has 0 bridgehead atoms. The lowest BCUT2D eigenvalue weighted by molar-refractivity contribution is 0.202. The second-order valence-corrected chi connectivity index (χ2v) is 2.22. The first-order valence-corrected chi connectivity index (χ1v) is 3.48. The van der Waals surface area contributed by atoms with Crippen molar-refractivity contribution in [1.82, 2.24) is 5.32 Å². The summed E-state index contributed by atoms with van der Waals surface area (Å²) in [7, 11) is 1.36. The second kappa shape index (κ2) is 5.39. The Hall–Kier alpha value is -1.36. The van der Waals surface area contributed by atoms with Crippen LogP contribution in [0.4, 0.5) is 13.6 Å². The van der Waals surface area contributed by atoms with Gasteiger partial charge in [-0.2, -0.15) is 0 Å². The topological polar surface area (TPSA) is 38.3 Å². The van der Waals surface area contributed by atoms with Crippen molar-refractivity contribution in [3.63, 3.8) is 0 Å². The molecule has 0 aromatic heterocycles. The number of halogens is 3. The highest BCUT2D eigenvalue weighted by Crippen LogP contribution is 2.15. The predicted molar refractivity (Wildman–Crippen MR) is 48.7 cm³/mol. The molecular formula is C8H8ClF2NO2. The molecule has 6 heteroatoms. The van der Waals surface area contributed by atoms with Crippen LogP contribution in [0.25, 0.3) is 0 Å². The summed E-state index contributed by atoms with van der Waals surface area (Å²) >= 11 is 0. The third-order valence-corrected chi connectivity index (χ3v) is 1.31. The van der Waals surface area contributed by atoms with Crippen LogP contribution in [-0.2, 0) is 0 Å². The van der Waals surface area contributed by atoms with Gasteiger partial charge in [0.1, 0.15) is 5.75 Å². The molecule has 78 valence electrons. The lowest BCUT2D eigenvalue weighted by atomic mass is 10.3. The van der Waals surface area contributed by atoms with Crippen LogP contribution in [0.3, 0.4) is 0 Å². The average Bonchev–Trinajstić information content (AvgIpc) is 2.11. The number of ether oxygens (including phenoxy) is 1. The molecule has 0 radical (unpaired) electrons. The molecule has 1 amide bonds. The first-order chi connectivity index (χ1) is 6.13. The largest absolute Gasteiger partial charge is 0.412 e. The fourth-order valence-corrected chi connectivity index (χ4v) is 0.698. The standard InChI is InChI=1S/C8H7F2NO2.ClH/c1-11-8(12)13-5-2-3-6(9)7(10)4-5;/h2-4H,1H3,(H,11,12);1H. The van der Waals surface area contributed by atoms with E-state index in [0.29, 0.717) is 0 Å². The quantitative estimate of drug-likeness (QED) is 0.792. The van der Waals surface area contributed by atoms with E-state index in [4.69, 9.17) is 0 Å². The summed E-state index contributed by atoms with van der Waals surface area (Å²) in [6.07, 6.45) is -0.731. The van der Waals surface area contributed by atoms with Crippen LogP contribution in [0.2, 0.25) is 0 Å². The molecule has 1 rings (SSSR count). The number of amides is 1. The van der Waals surface area contributed by atoms with Crippen LogP contribution in [0, 0.1) is 11.6 Å². The van der Waals surface area contributed by atoms with Gasteiger partial charge in [0, 0.05) is 13.1 Å². The summed E-state index contributed by atoms with van der Waals surface area (Å²) in [6, 6.07) is 2.84. The van der Waals surface area contributed by atoms with Gasteiger partial charge in [0.15, 0.2) is 11.6 Å². The van der Waals surface area contributed by atoms with E-state index < -0.39 is 17.7 Å². The Labute approximate surface area is 85.5 Å². The van der Waals surface area contributed by atoms with Gasteiger partial charge in [-0.15, -0.1) is 12.4 Å². The molecule has 0 atom stereocenters. The Kier molecular flexibility index (Phi) is 4.86. The van der Waals surface area contributed by atoms with Crippen molar-refractivity contribution in [2.45, 2.75) is 0 Å². The Morgan fingerprint density at radius 3 is 2.50 bits per heavy atom. The van der Waals surface area contributed by atoms with E-state index in [2.05, 4.69) is 10.1 Å². The van der Waals surface area contributed by atoms with E-state index in [1.54, 1.807) is 0 Å². The fourth-order valence-electron chi connectivity index (χ4n) is 0.698. The van der Waals surface area contributed by atoms with E-state index in [0.717, 1.165) is 18.2 Å². The number of rotatable bonds is 1. The Morgan fingerprint density at radius 1 is 1.36 bits per heavy atom. The van der Waals surface area contributed by atoms with Crippen molar-refractivity contribution < 1.29 is 18.3 Å². The van der Waals surface area contributed by atoms with Crippen LogP contribution in [0.15, 0.2) is 18.2 Å². The van der Waals surface area contributed by atoms with Crippen LogP contribution >= 0.6 is 12.4 Å². The summed E-state index contributed by atoms with van der Waals surface area (Å²) < 4.78 is 29.5.